The summed E-state index contributed by atoms with van der Waals surface area (Å²) in [6, 6.07) is 2.00. The van der Waals surface area contributed by atoms with Crippen molar-refractivity contribution in [3.8, 4) is 0 Å². The molecule has 1 aliphatic heterocycles. The molecule has 1 atom stereocenters. The lowest BCUT2D eigenvalue weighted by molar-refractivity contribution is 0.0910. The van der Waals surface area contributed by atoms with Crippen LogP contribution in [0, 0.1) is 12.8 Å². The minimum Gasteiger partial charge on any atom is -0.392 e. The lowest BCUT2D eigenvalue weighted by Crippen LogP contribution is -2.40. The van der Waals surface area contributed by atoms with Crippen LogP contribution >= 0.6 is 0 Å². The van der Waals surface area contributed by atoms with E-state index < -0.39 is 0 Å². The number of hydrogen-bond acceptors (Lipinski definition) is 5. The third-order valence-corrected chi connectivity index (χ3v) is 3.90. The van der Waals surface area contributed by atoms with E-state index >= 15 is 0 Å². The standard InChI is InChI=1S/C15H27N3O2/c1-12-8-15(20-16-12)11-17(3)10-14-4-6-18(7-5-14)9-13(2)19/h8,13-14,19H,4-7,9-11H2,1-3H3/t13-/m0/s1. The van der Waals surface area contributed by atoms with Gasteiger partial charge in [-0.1, -0.05) is 5.16 Å². The van der Waals surface area contributed by atoms with E-state index in [1.807, 2.05) is 19.9 Å². The number of hydrogen-bond donors (Lipinski definition) is 1. The van der Waals surface area contributed by atoms with Crippen molar-refractivity contribution in [2.75, 3.05) is 33.2 Å². The van der Waals surface area contributed by atoms with Gasteiger partial charge in [0.15, 0.2) is 5.76 Å². The molecule has 0 amide bonds. The molecular weight excluding hydrogens is 254 g/mol. The highest BCUT2D eigenvalue weighted by Gasteiger charge is 2.21. The summed E-state index contributed by atoms with van der Waals surface area (Å²) in [6.07, 6.45) is 2.21. The van der Waals surface area contributed by atoms with Gasteiger partial charge < -0.3 is 14.5 Å². The number of β-amino-alcohol motifs (C(OH)–C–C–N with tert-alkyl or cyclic N) is 1. The van der Waals surface area contributed by atoms with Gasteiger partial charge in [-0.05, 0) is 52.7 Å². The highest BCUT2D eigenvalue weighted by Crippen LogP contribution is 2.19. The number of nitrogens with zero attached hydrogens (tertiary/aromatic N) is 3. The van der Waals surface area contributed by atoms with Crippen LogP contribution in [0.1, 0.15) is 31.2 Å². The van der Waals surface area contributed by atoms with Crippen LogP contribution in [0.25, 0.3) is 0 Å². The highest BCUT2D eigenvalue weighted by atomic mass is 16.5. The fraction of sp³-hybridized carbons (Fsp3) is 0.800. The molecule has 0 saturated carbocycles. The average molecular weight is 281 g/mol. The zero-order valence-electron chi connectivity index (χ0n) is 12.9. The predicted octanol–water partition coefficient (Wildman–Crippen LogP) is 1.51. The monoisotopic (exact) mass is 281 g/mol. The maximum absolute atomic E-state index is 9.42. The number of aromatic nitrogens is 1. The Morgan fingerprint density at radius 3 is 2.75 bits per heavy atom. The molecule has 114 valence electrons. The van der Waals surface area contributed by atoms with E-state index in [9.17, 15) is 5.11 Å². The van der Waals surface area contributed by atoms with Crippen LogP contribution in [0.15, 0.2) is 10.6 Å². The SMILES string of the molecule is Cc1cc(CN(C)CC2CCN(C[C@H](C)O)CC2)on1. The minimum atomic E-state index is -0.219. The fourth-order valence-corrected chi connectivity index (χ4v) is 2.99. The molecule has 5 heteroatoms. The minimum absolute atomic E-state index is 0.219. The molecule has 1 aromatic rings. The number of aliphatic hydroxyl groups excluding tert-OH is 1. The summed E-state index contributed by atoms with van der Waals surface area (Å²) in [6.45, 7) is 8.75. The molecule has 2 rings (SSSR count). The molecule has 5 nitrogen and oxygen atoms in total. The van der Waals surface area contributed by atoms with Crippen molar-refractivity contribution in [3.63, 3.8) is 0 Å². The number of likely N-dealkylation sites (tertiary alicyclic amines) is 1. The molecule has 0 unspecified atom stereocenters. The normalized spacial score (nSPS) is 19.6. The summed E-state index contributed by atoms with van der Waals surface area (Å²) >= 11 is 0. The highest BCUT2D eigenvalue weighted by molar-refractivity contribution is 5.02. The lowest BCUT2D eigenvalue weighted by atomic mass is 9.96. The van der Waals surface area contributed by atoms with Crippen molar-refractivity contribution >= 4 is 0 Å². The molecule has 0 radical (unpaired) electrons. The Bertz CT molecular complexity index is 398. The van der Waals surface area contributed by atoms with Crippen LogP contribution in [-0.2, 0) is 6.54 Å². The van der Waals surface area contributed by atoms with E-state index in [-0.39, 0.29) is 6.10 Å². The third-order valence-electron chi connectivity index (χ3n) is 3.90. The molecule has 20 heavy (non-hydrogen) atoms. The van der Waals surface area contributed by atoms with Crippen LogP contribution in [0.2, 0.25) is 0 Å². The Balaban J connectivity index is 1.69. The number of aryl methyl sites for hydroxylation is 1. The second kappa shape index (κ2) is 7.20. The van der Waals surface area contributed by atoms with Gasteiger partial charge in [0.05, 0.1) is 18.3 Å². The number of rotatable bonds is 6. The second-order valence-corrected chi connectivity index (χ2v) is 6.22. The van der Waals surface area contributed by atoms with Gasteiger partial charge in [0.25, 0.3) is 0 Å². The molecule has 0 spiro atoms. The van der Waals surface area contributed by atoms with E-state index in [1.54, 1.807) is 0 Å². The molecule has 2 heterocycles. The Morgan fingerprint density at radius 2 is 2.20 bits per heavy atom. The summed E-state index contributed by atoms with van der Waals surface area (Å²) < 4.78 is 5.26. The van der Waals surface area contributed by atoms with Gasteiger partial charge in [-0.3, -0.25) is 4.90 Å². The summed E-state index contributed by atoms with van der Waals surface area (Å²) in [5, 5.41) is 13.3. The van der Waals surface area contributed by atoms with E-state index in [0.717, 1.165) is 50.1 Å². The first-order valence-electron chi connectivity index (χ1n) is 7.54. The van der Waals surface area contributed by atoms with E-state index in [2.05, 4.69) is 22.0 Å². The first-order valence-corrected chi connectivity index (χ1v) is 7.54. The van der Waals surface area contributed by atoms with Crippen molar-refractivity contribution in [1.82, 2.24) is 15.0 Å². The molecule has 1 aliphatic rings. The van der Waals surface area contributed by atoms with Crippen LogP contribution in [0.4, 0.5) is 0 Å². The Morgan fingerprint density at radius 1 is 1.50 bits per heavy atom. The fourth-order valence-electron chi connectivity index (χ4n) is 2.99. The van der Waals surface area contributed by atoms with Crippen molar-refractivity contribution in [2.45, 2.75) is 39.3 Å². The maximum Gasteiger partial charge on any atom is 0.150 e. The Labute approximate surface area is 121 Å². The largest absolute Gasteiger partial charge is 0.392 e. The van der Waals surface area contributed by atoms with Crippen molar-refractivity contribution in [3.05, 3.63) is 17.5 Å². The third kappa shape index (κ3) is 4.89. The second-order valence-electron chi connectivity index (χ2n) is 6.22. The van der Waals surface area contributed by atoms with Crippen LogP contribution in [-0.4, -0.2) is 59.4 Å². The van der Waals surface area contributed by atoms with Crippen LogP contribution in [0.3, 0.4) is 0 Å². The van der Waals surface area contributed by atoms with E-state index in [0.29, 0.717) is 0 Å². The summed E-state index contributed by atoms with van der Waals surface area (Å²) in [7, 11) is 2.14. The average Bonchev–Trinajstić information content (AvgIpc) is 2.76. The first-order chi connectivity index (χ1) is 9.52. The van der Waals surface area contributed by atoms with Crippen molar-refractivity contribution in [1.29, 1.82) is 0 Å². The van der Waals surface area contributed by atoms with Gasteiger partial charge in [-0.2, -0.15) is 0 Å². The number of piperidine rings is 1. The van der Waals surface area contributed by atoms with Gasteiger partial charge in [0.2, 0.25) is 0 Å². The quantitative estimate of drug-likeness (QED) is 0.856. The Hall–Kier alpha value is -0.910. The molecule has 1 aromatic heterocycles. The molecular formula is C15H27N3O2. The zero-order valence-corrected chi connectivity index (χ0v) is 12.9. The molecule has 0 bridgehead atoms. The van der Waals surface area contributed by atoms with Crippen molar-refractivity contribution < 1.29 is 9.63 Å². The predicted molar refractivity (Wildman–Crippen MR) is 78.4 cm³/mol. The first kappa shape index (κ1) is 15.5. The summed E-state index contributed by atoms with van der Waals surface area (Å²) in [4.78, 5) is 4.68. The van der Waals surface area contributed by atoms with Gasteiger partial charge in [0.1, 0.15) is 0 Å². The van der Waals surface area contributed by atoms with Gasteiger partial charge in [0, 0.05) is 19.2 Å². The van der Waals surface area contributed by atoms with Gasteiger partial charge >= 0.3 is 0 Å². The maximum atomic E-state index is 9.42. The summed E-state index contributed by atoms with van der Waals surface area (Å²) in [5.74, 6) is 1.69. The Kier molecular flexibility index (Phi) is 5.57. The molecule has 1 N–H and O–H groups in total. The van der Waals surface area contributed by atoms with Crippen LogP contribution in [0.5, 0.6) is 0 Å². The number of aliphatic hydroxyl groups is 1. The zero-order chi connectivity index (χ0) is 14.5. The van der Waals surface area contributed by atoms with Crippen LogP contribution < -0.4 is 0 Å². The smallest absolute Gasteiger partial charge is 0.150 e. The van der Waals surface area contributed by atoms with Gasteiger partial charge in [-0.25, -0.2) is 0 Å². The molecule has 1 fully saturated rings. The topological polar surface area (TPSA) is 52.7 Å². The van der Waals surface area contributed by atoms with E-state index in [1.165, 1.54) is 12.8 Å². The molecule has 0 aliphatic carbocycles. The van der Waals surface area contributed by atoms with E-state index in [4.69, 9.17) is 4.52 Å². The van der Waals surface area contributed by atoms with Crippen molar-refractivity contribution in [2.24, 2.45) is 5.92 Å². The summed E-state index contributed by atoms with van der Waals surface area (Å²) in [5.41, 5.74) is 0.944. The molecule has 0 aromatic carbocycles. The molecule has 1 saturated heterocycles. The van der Waals surface area contributed by atoms with Gasteiger partial charge in [-0.15, -0.1) is 0 Å². The lowest BCUT2D eigenvalue weighted by Gasteiger charge is -2.34.